The summed E-state index contributed by atoms with van der Waals surface area (Å²) in [5.41, 5.74) is 1.38. The fraction of sp³-hybridized carbons (Fsp3) is 0.381. The van der Waals surface area contributed by atoms with E-state index in [0.29, 0.717) is 17.3 Å². The number of ether oxygens (including phenoxy) is 2. The lowest BCUT2D eigenvalue weighted by Gasteiger charge is -2.29. The minimum atomic E-state index is -0.376. The second kappa shape index (κ2) is 9.60. The molecule has 7 nitrogen and oxygen atoms in total. The second-order valence-electron chi connectivity index (χ2n) is 6.76. The fourth-order valence-electron chi connectivity index (χ4n) is 3.28. The van der Waals surface area contributed by atoms with Crippen LogP contribution in [0.15, 0.2) is 42.5 Å². The van der Waals surface area contributed by atoms with Crippen LogP contribution in [0.25, 0.3) is 0 Å². The third kappa shape index (κ3) is 5.36. The average Bonchev–Trinajstić information content (AvgIpc) is 2.74. The number of nitriles is 1. The van der Waals surface area contributed by atoms with Crippen molar-refractivity contribution < 1.29 is 14.3 Å². The van der Waals surface area contributed by atoms with Gasteiger partial charge in [-0.1, -0.05) is 30.3 Å². The van der Waals surface area contributed by atoms with E-state index >= 15 is 0 Å². The number of rotatable bonds is 6. The van der Waals surface area contributed by atoms with Gasteiger partial charge in [0.1, 0.15) is 24.1 Å². The quantitative estimate of drug-likeness (QED) is 0.795. The number of nitrogens with zero attached hydrogens (tertiary/aromatic N) is 2. The van der Waals surface area contributed by atoms with Crippen molar-refractivity contribution in [3.63, 3.8) is 0 Å². The molecule has 1 amide bonds. The molecule has 0 radical (unpaired) electrons. The van der Waals surface area contributed by atoms with Crippen LogP contribution in [0.2, 0.25) is 0 Å². The van der Waals surface area contributed by atoms with Crippen LogP contribution in [0, 0.1) is 11.3 Å². The molecule has 0 unspecified atom stereocenters. The summed E-state index contributed by atoms with van der Waals surface area (Å²) in [6.07, 6.45) is 3.18. The maximum atomic E-state index is 12.0. The van der Waals surface area contributed by atoms with E-state index in [1.54, 1.807) is 12.1 Å². The van der Waals surface area contributed by atoms with Crippen LogP contribution < -0.4 is 15.4 Å². The monoisotopic (exact) mass is 380 g/mol. The normalized spacial score (nSPS) is 18.6. The van der Waals surface area contributed by atoms with Crippen LogP contribution in [0.3, 0.4) is 0 Å². The zero-order valence-corrected chi connectivity index (χ0v) is 15.9. The number of carbonyl (C=O) groups is 1. The third-order valence-corrected chi connectivity index (χ3v) is 4.79. The van der Waals surface area contributed by atoms with Gasteiger partial charge >= 0.3 is 6.09 Å². The van der Waals surface area contributed by atoms with Crippen molar-refractivity contribution in [3.05, 3.63) is 53.6 Å². The summed E-state index contributed by atoms with van der Waals surface area (Å²) < 4.78 is 10.4. The molecule has 1 aliphatic rings. The number of amides is 1. The van der Waals surface area contributed by atoms with Crippen LogP contribution in [-0.4, -0.2) is 30.3 Å². The van der Waals surface area contributed by atoms with Gasteiger partial charge in [0.2, 0.25) is 5.88 Å². The Hall–Kier alpha value is -3.27. The van der Waals surface area contributed by atoms with E-state index in [4.69, 9.17) is 14.7 Å². The summed E-state index contributed by atoms with van der Waals surface area (Å²) in [7, 11) is 1.50. The number of hydrogen-bond acceptors (Lipinski definition) is 6. The van der Waals surface area contributed by atoms with Gasteiger partial charge in [-0.05, 0) is 43.4 Å². The largest absolute Gasteiger partial charge is 0.480 e. The van der Waals surface area contributed by atoms with E-state index in [9.17, 15) is 4.79 Å². The predicted octanol–water partition coefficient (Wildman–Crippen LogP) is 3.61. The molecule has 0 bridgehead atoms. The van der Waals surface area contributed by atoms with Gasteiger partial charge in [0.15, 0.2) is 0 Å². The van der Waals surface area contributed by atoms with Crippen LogP contribution in [0.4, 0.5) is 10.6 Å². The van der Waals surface area contributed by atoms with Gasteiger partial charge in [-0.15, -0.1) is 0 Å². The molecule has 146 valence electrons. The summed E-state index contributed by atoms with van der Waals surface area (Å²) in [6.45, 7) is 0.274. The maximum Gasteiger partial charge on any atom is 0.407 e. The molecule has 0 atom stereocenters. The number of nitrogens with one attached hydrogen (secondary N) is 2. The number of pyridine rings is 1. The SMILES string of the molecule is COc1nc(NC2CCC(NC(=O)OCc3ccccc3)CC2)ccc1C#N. The van der Waals surface area contributed by atoms with Crippen molar-refractivity contribution in [2.45, 2.75) is 44.4 Å². The van der Waals surface area contributed by atoms with Gasteiger partial charge in [-0.3, -0.25) is 0 Å². The smallest absolute Gasteiger partial charge is 0.407 e. The molecule has 7 heteroatoms. The lowest BCUT2D eigenvalue weighted by Crippen LogP contribution is -2.40. The molecule has 1 saturated carbocycles. The Morgan fingerprint density at radius 3 is 2.54 bits per heavy atom. The number of anilines is 1. The van der Waals surface area contributed by atoms with E-state index in [-0.39, 0.29) is 24.8 Å². The number of benzene rings is 1. The lowest BCUT2D eigenvalue weighted by atomic mass is 9.91. The van der Waals surface area contributed by atoms with E-state index < -0.39 is 0 Å². The van der Waals surface area contributed by atoms with Crippen LogP contribution in [0.1, 0.15) is 36.8 Å². The van der Waals surface area contributed by atoms with Gasteiger partial charge in [-0.25, -0.2) is 4.79 Å². The summed E-state index contributed by atoms with van der Waals surface area (Å²) in [5, 5.41) is 15.4. The van der Waals surface area contributed by atoms with Crippen molar-refractivity contribution in [2.75, 3.05) is 12.4 Å². The van der Waals surface area contributed by atoms with Gasteiger partial charge in [0.05, 0.1) is 7.11 Å². The molecule has 0 spiro atoms. The summed E-state index contributed by atoms with van der Waals surface area (Å²) in [4.78, 5) is 16.3. The molecule has 0 aliphatic heterocycles. The Balaban J connectivity index is 1.42. The van der Waals surface area contributed by atoms with E-state index in [2.05, 4.69) is 21.7 Å². The first-order chi connectivity index (χ1) is 13.7. The highest BCUT2D eigenvalue weighted by molar-refractivity contribution is 5.67. The molecule has 1 aromatic heterocycles. The Morgan fingerprint density at radius 1 is 1.14 bits per heavy atom. The molecule has 1 heterocycles. The second-order valence-corrected chi connectivity index (χ2v) is 6.76. The number of carbonyl (C=O) groups excluding carboxylic acids is 1. The van der Waals surface area contributed by atoms with Gasteiger partial charge in [0, 0.05) is 12.1 Å². The van der Waals surface area contributed by atoms with Crippen molar-refractivity contribution in [3.8, 4) is 11.9 Å². The molecule has 28 heavy (non-hydrogen) atoms. The van der Waals surface area contributed by atoms with E-state index in [0.717, 1.165) is 31.2 Å². The zero-order chi connectivity index (χ0) is 19.8. The van der Waals surface area contributed by atoms with Crippen molar-refractivity contribution >= 4 is 11.9 Å². The number of hydrogen-bond donors (Lipinski definition) is 2. The molecule has 1 aromatic carbocycles. The average molecular weight is 380 g/mol. The first-order valence-corrected chi connectivity index (χ1v) is 9.37. The molecule has 1 aliphatic carbocycles. The third-order valence-electron chi connectivity index (χ3n) is 4.79. The fourth-order valence-corrected chi connectivity index (χ4v) is 3.28. The minimum Gasteiger partial charge on any atom is -0.480 e. The van der Waals surface area contributed by atoms with Crippen molar-refractivity contribution in [1.29, 1.82) is 5.26 Å². The van der Waals surface area contributed by atoms with Crippen molar-refractivity contribution in [1.82, 2.24) is 10.3 Å². The molecule has 0 saturated heterocycles. The maximum absolute atomic E-state index is 12.0. The molecular formula is C21H24N4O3. The highest BCUT2D eigenvalue weighted by Crippen LogP contribution is 2.24. The van der Waals surface area contributed by atoms with Crippen LogP contribution in [0.5, 0.6) is 5.88 Å². The molecule has 3 rings (SSSR count). The van der Waals surface area contributed by atoms with Crippen LogP contribution >= 0.6 is 0 Å². The molecular weight excluding hydrogens is 356 g/mol. The zero-order valence-electron chi connectivity index (χ0n) is 15.9. The van der Waals surface area contributed by atoms with Gasteiger partial charge < -0.3 is 20.1 Å². The van der Waals surface area contributed by atoms with Gasteiger partial charge in [0.25, 0.3) is 0 Å². The predicted molar refractivity (Wildman–Crippen MR) is 105 cm³/mol. The number of methoxy groups -OCH3 is 1. The summed E-state index contributed by atoms with van der Waals surface area (Å²) in [5.74, 6) is 1.01. The molecule has 1 fully saturated rings. The van der Waals surface area contributed by atoms with Crippen LogP contribution in [-0.2, 0) is 11.3 Å². The first kappa shape index (κ1) is 19.5. The van der Waals surface area contributed by atoms with E-state index in [1.165, 1.54) is 7.11 Å². The van der Waals surface area contributed by atoms with E-state index in [1.807, 2.05) is 30.3 Å². The summed E-state index contributed by atoms with van der Waals surface area (Å²) in [6, 6.07) is 15.5. The van der Waals surface area contributed by atoms with Crippen molar-refractivity contribution in [2.24, 2.45) is 0 Å². The highest BCUT2D eigenvalue weighted by atomic mass is 16.5. The number of aromatic nitrogens is 1. The minimum absolute atomic E-state index is 0.116. The van der Waals surface area contributed by atoms with Gasteiger partial charge in [-0.2, -0.15) is 10.2 Å². The molecule has 2 aromatic rings. The highest BCUT2D eigenvalue weighted by Gasteiger charge is 2.23. The lowest BCUT2D eigenvalue weighted by molar-refractivity contribution is 0.132. The Bertz CT molecular complexity index is 827. The Morgan fingerprint density at radius 2 is 1.86 bits per heavy atom. The molecule has 2 N–H and O–H groups in total. The topological polar surface area (TPSA) is 96.3 Å². The Labute approximate surface area is 164 Å². The Kier molecular flexibility index (Phi) is 6.68. The summed E-state index contributed by atoms with van der Waals surface area (Å²) >= 11 is 0. The number of alkyl carbamates (subject to hydrolysis) is 1. The standard InChI is InChI=1S/C21H24N4O3/c1-27-20-16(13-22)7-12-19(25-20)23-17-8-10-18(11-9-17)24-21(26)28-14-15-5-3-2-4-6-15/h2-7,12,17-18H,8-11,14H2,1H3,(H,23,25)(H,24,26). The first-order valence-electron chi connectivity index (χ1n) is 9.37.